The van der Waals surface area contributed by atoms with Gasteiger partial charge in [0.15, 0.2) is 11.5 Å². The maximum Gasteiger partial charge on any atom is 0.248 e. The summed E-state index contributed by atoms with van der Waals surface area (Å²) < 4.78 is 36.6. The van der Waals surface area contributed by atoms with Gasteiger partial charge in [0.25, 0.3) is 0 Å². The van der Waals surface area contributed by atoms with E-state index in [1.165, 1.54) is 7.11 Å². The van der Waals surface area contributed by atoms with Crippen LogP contribution in [0.1, 0.15) is 31.2 Å². The van der Waals surface area contributed by atoms with E-state index in [1.54, 1.807) is 25.3 Å². The maximum atomic E-state index is 13.1. The molecular formula is C16H20F2O3. The van der Waals surface area contributed by atoms with Crippen LogP contribution in [0.25, 0.3) is 0 Å². The fourth-order valence-corrected chi connectivity index (χ4v) is 2.70. The molecule has 3 nitrogen and oxygen atoms in total. The molecule has 21 heavy (non-hydrogen) atoms. The van der Waals surface area contributed by atoms with Gasteiger partial charge in [-0.15, -0.1) is 0 Å². The number of rotatable bonds is 5. The molecule has 1 saturated carbocycles. The number of methoxy groups -OCH3 is 2. The molecule has 0 N–H and O–H groups in total. The Hall–Kier alpha value is -1.65. The minimum atomic E-state index is -2.60. The lowest BCUT2D eigenvalue weighted by atomic mass is 9.82. The van der Waals surface area contributed by atoms with Crippen LogP contribution in [0.5, 0.6) is 11.5 Å². The Labute approximate surface area is 123 Å². The number of ether oxygens (including phenoxy) is 2. The van der Waals surface area contributed by atoms with Crippen molar-refractivity contribution in [2.45, 2.75) is 38.0 Å². The molecule has 1 aliphatic rings. The van der Waals surface area contributed by atoms with Crippen LogP contribution in [0, 0.1) is 5.92 Å². The van der Waals surface area contributed by atoms with E-state index in [4.69, 9.17) is 9.47 Å². The van der Waals surface area contributed by atoms with Crippen LogP contribution in [-0.2, 0) is 11.2 Å². The molecule has 0 heterocycles. The molecule has 0 radical (unpaired) electrons. The lowest BCUT2D eigenvalue weighted by molar-refractivity contribution is -0.126. The Morgan fingerprint density at radius 3 is 2.38 bits per heavy atom. The van der Waals surface area contributed by atoms with Crippen LogP contribution in [0.2, 0.25) is 0 Å². The molecule has 0 atom stereocenters. The zero-order chi connectivity index (χ0) is 15.5. The first-order valence-electron chi connectivity index (χ1n) is 7.06. The molecule has 1 fully saturated rings. The zero-order valence-electron chi connectivity index (χ0n) is 12.3. The topological polar surface area (TPSA) is 35.5 Å². The van der Waals surface area contributed by atoms with Gasteiger partial charge in [-0.05, 0) is 30.5 Å². The molecule has 0 spiro atoms. The smallest absolute Gasteiger partial charge is 0.248 e. The van der Waals surface area contributed by atoms with Gasteiger partial charge in [0.05, 0.1) is 14.2 Å². The van der Waals surface area contributed by atoms with Crippen LogP contribution in [0.15, 0.2) is 18.2 Å². The largest absolute Gasteiger partial charge is 0.493 e. The van der Waals surface area contributed by atoms with Crippen molar-refractivity contribution >= 4 is 5.78 Å². The number of Topliss-reactive ketones (excluding diaryl/α,β-unsaturated/α-hetero) is 1. The van der Waals surface area contributed by atoms with Gasteiger partial charge in [-0.1, -0.05) is 6.07 Å². The van der Waals surface area contributed by atoms with Gasteiger partial charge >= 0.3 is 0 Å². The maximum absolute atomic E-state index is 13.1. The molecule has 5 heteroatoms. The lowest BCUT2D eigenvalue weighted by Crippen LogP contribution is -2.29. The Kier molecular flexibility index (Phi) is 4.80. The van der Waals surface area contributed by atoms with Crippen molar-refractivity contribution in [3.8, 4) is 11.5 Å². The number of carbonyl (C=O) groups is 1. The highest BCUT2D eigenvalue weighted by Gasteiger charge is 2.37. The summed E-state index contributed by atoms with van der Waals surface area (Å²) in [5, 5.41) is 0. The van der Waals surface area contributed by atoms with Crippen molar-refractivity contribution in [2.75, 3.05) is 14.2 Å². The number of hydrogen-bond donors (Lipinski definition) is 0. The van der Waals surface area contributed by atoms with E-state index in [2.05, 4.69) is 0 Å². The molecule has 2 rings (SSSR count). The number of benzene rings is 1. The van der Waals surface area contributed by atoms with Gasteiger partial charge in [-0.25, -0.2) is 8.78 Å². The highest BCUT2D eigenvalue weighted by atomic mass is 19.3. The lowest BCUT2D eigenvalue weighted by Gasteiger charge is -2.27. The van der Waals surface area contributed by atoms with Crippen LogP contribution < -0.4 is 9.47 Å². The van der Waals surface area contributed by atoms with Crippen molar-refractivity contribution in [1.82, 2.24) is 0 Å². The molecule has 0 bridgehead atoms. The summed E-state index contributed by atoms with van der Waals surface area (Å²) in [6, 6.07) is 5.31. The summed E-state index contributed by atoms with van der Waals surface area (Å²) in [6.45, 7) is 0. The van der Waals surface area contributed by atoms with E-state index in [9.17, 15) is 13.6 Å². The van der Waals surface area contributed by atoms with Crippen molar-refractivity contribution in [3.05, 3.63) is 23.8 Å². The number of ketones is 1. The quantitative estimate of drug-likeness (QED) is 0.832. The molecule has 1 aliphatic carbocycles. The fourth-order valence-electron chi connectivity index (χ4n) is 2.70. The van der Waals surface area contributed by atoms with E-state index in [1.807, 2.05) is 0 Å². The minimum absolute atomic E-state index is 0.0257. The Morgan fingerprint density at radius 2 is 1.81 bits per heavy atom. The first-order valence-corrected chi connectivity index (χ1v) is 7.06. The third-order valence-electron chi connectivity index (χ3n) is 4.00. The van der Waals surface area contributed by atoms with Crippen LogP contribution >= 0.6 is 0 Å². The van der Waals surface area contributed by atoms with Gasteiger partial charge < -0.3 is 9.47 Å². The van der Waals surface area contributed by atoms with Crippen molar-refractivity contribution in [1.29, 1.82) is 0 Å². The molecular weight excluding hydrogens is 278 g/mol. The first-order chi connectivity index (χ1) is 9.95. The fraction of sp³-hybridized carbons (Fsp3) is 0.562. The van der Waals surface area contributed by atoms with Gasteiger partial charge in [0.2, 0.25) is 5.92 Å². The number of alkyl halides is 2. The van der Waals surface area contributed by atoms with E-state index in [-0.39, 0.29) is 43.8 Å². The Bertz CT molecular complexity index is 504. The SMILES string of the molecule is COc1ccc(CC(=O)C2CCC(F)(F)CC2)cc1OC. The number of carbonyl (C=O) groups excluding carboxylic acids is 1. The van der Waals surface area contributed by atoms with Crippen LogP contribution in [0.4, 0.5) is 8.78 Å². The summed E-state index contributed by atoms with van der Waals surface area (Å²) in [7, 11) is 3.08. The Balaban J connectivity index is 2.00. The van der Waals surface area contributed by atoms with Gasteiger partial charge in [-0.2, -0.15) is 0 Å². The second-order valence-corrected chi connectivity index (χ2v) is 5.46. The number of hydrogen-bond acceptors (Lipinski definition) is 3. The predicted octanol–water partition coefficient (Wildman–Crippen LogP) is 3.64. The molecule has 0 aromatic heterocycles. The van der Waals surface area contributed by atoms with Crippen molar-refractivity contribution in [2.24, 2.45) is 5.92 Å². The summed E-state index contributed by atoms with van der Waals surface area (Å²) >= 11 is 0. The summed E-state index contributed by atoms with van der Waals surface area (Å²) in [4.78, 5) is 12.2. The predicted molar refractivity (Wildman–Crippen MR) is 75.2 cm³/mol. The van der Waals surface area contributed by atoms with Gasteiger partial charge in [-0.3, -0.25) is 4.79 Å². The highest BCUT2D eigenvalue weighted by Crippen LogP contribution is 2.37. The molecule has 1 aromatic carbocycles. The summed E-state index contributed by atoms with van der Waals surface area (Å²) in [5.74, 6) is -1.65. The van der Waals surface area contributed by atoms with Crippen LogP contribution in [-0.4, -0.2) is 25.9 Å². The van der Waals surface area contributed by atoms with Gasteiger partial charge in [0, 0.05) is 25.2 Å². The first kappa shape index (κ1) is 15.7. The Morgan fingerprint density at radius 1 is 1.19 bits per heavy atom. The van der Waals surface area contributed by atoms with E-state index in [0.717, 1.165) is 5.56 Å². The van der Waals surface area contributed by atoms with E-state index in [0.29, 0.717) is 11.5 Å². The normalized spacial score (nSPS) is 18.3. The summed E-state index contributed by atoms with van der Waals surface area (Å²) in [5.41, 5.74) is 0.815. The zero-order valence-corrected chi connectivity index (χ0v) is 12.3. The van der Waals surface area contributed by atoms with Gasteiger partial charge in [0.1, 0.15) is 5.78 Å². The number of halogens is 2. The third kappa shape index (κ3) is 3.93. The van der Waals surface area contributed by atoms with Crippen LogP contribution in [0.3, 0.4) is 0 Å². The second-order valence-electron chi connectivity index (χ2n) is 5.46. The molecule has 116 valence electrons. The van der Waals surface area contributed by atoms with Crippen molar-refractivity contribution < 1.29 is 23.0 Å². The van der Waals surface area contributed by atoms with Crippen molar-refractivity contribution in [3.63, 3.8) is 0 Å². The average molecular weight is 298 g/mol. The molecule has 0 amide bonds. The second kappa shape index (κ2) is 6.41. The standard InChI is InChI=1S/C16H20F2O3/c1-20-14-4-3-11(10-15(14)21-2)9-13(19)12-5-7-16(17,18)8-6-12/h3-4,10,12H,5-9H2,1-2H3. The monoisotopic (exact) mass is 298 g/mol. The van der Waals surface area contributed by atoms with E-state index < -0.39 is 5.92 Å². The minimum Gasteiger partial charge on any atom is -0.493 e. The molecule has 0 unspecified atom stereocenters. The third-order valence-corrected chi connectivity index (χ3v) is 4.00. The molecule has 1 aromatic rings. The highest BCUT2D eigenvalue weighted by molar-refractivity contribution is 5.83. The van der Waals surface area contributed by atoms with E-state index >= 15 is 0 Å². The molecule has 0 saturated heterocycles. The average Bonchev–Trinajstić information content (AvgIpc) is 2.46. The molecule has 0 aliphatic heterocycles. The summed E-state index contributed by atoms with van der Waals surface area (Å²) in [6.07, 6.45) is 0.430.